The van der Waals surface area contributed by atoms with E-state index >= 15 is 0 Å². The predicted octanol–water partition coefficient (Wildman–Crippen LogP) is 4.36. The third-order valence-corrected chi connectivity index (χ3v) is 4.60. The highest BCUT2D eigenvalue weighted by atomic mass is 16.5. The van der Waals surface area contributed by atoms with Gasteiger partial charge >= 0.3 is 0 Å². The van der Waals surface area contributed by atoms with Crippen molar-refractivity contribution in [1.82, 2.24) is 0 Å². The van der Waals surface area contributed by atoms with Crippen LogP contribution in [0.3, 0.4) is 0 Å². The Kier molecular flexibility index (Phi) is 7.04. The molecule has 2 rings (SSSR count). The first-order valence-electron chi connectivity index (χ1n) is 8.72. The lowest BCUT2D eigenvalue weighted by Crippen LogP contribution is -2.26. The summed E-state index contributed by atoms with van der Waals surface area (Å²) in [6.07, 6.45) is 8.71. The van der Waals surface area contributed by atoms with Crippen molar-refractivity contribution in [3.63, 3.8) is 0 Å². The molecule has 1 aliphatic rings. The molecule has 1 fully saturated rings. The van der Waals surface area contributed by atoms with Gasteiger partial charge in [0, 0.05) is 0 Å². The fourth-order valence-electron chi connectivity index (χ4n) is 3.22. The van der Waals surface area contributed by atoms with E-state index in [1.54, 1.807) is 7.11 Å². The van der Waals surface area contributed by atoms with Gasteiger partial charge in [-0.3, -0.25) is 0 Å². The Morgan fingerprint density at radius 1 is 1.14 bits per heavy atom. The van der Waals surface area contributed by atoms with Crippen LogP contribution < -0.4 is 9.47 Å². The molecule has 0 heterocycles. The van der Waals surface area contributed by atoms with Crippen molar-refractivity contribution in [2.45, 2.75) is 64.4 Å². The fourth-order valence-corrected chi connectivity index (χ4v) is 3.22. The summed E-state index contributed by atoms with van der Waals surface area (Å²) in [4.78, 5) is 0. The van der Waals surface area contributed by atoms with Crippen LogP contribution >= 0.6 is 0 Å². The lowest BCUT2D eigenvalue weighted by atomic mass is 9.82. The molecule has 0 aliphatic heterocycles. The highest BCUT2D eigenvalue weighted by Crippen LogP contribution is 2.32. The zero-order valence-electron chi connectivity index (χ0n) is 14.0. The molecule has 3 nitrogen and oxygen atoms in total. The first-order valence-corrected chi connectivity index (χ1v) is 8.72. The Bertz CT molecular complexity index is 444. The minimum Gasteiger partial charge on any atom is -0.493 e. The summed E-state index contributed by atoms with van der Waals surface area (Å²) in [5.41, 5.74) is 1.23. The molecule has 1 N–H and O–H groups in total. The molecule has 0 radical (unpaired) electrons. The van der Waals surface area contributed by atoms with Crippen LogP contribution in [-0.4, -0.2) is 24.9 Å². The topological polar surface area (TPSA) is 38.7 Å². The number of hydrogen-bond donors (Lipinski definition) is 1. The predicted molar refractivity (Wildman–Crippen MR) is 89.7 cm³/mol. The van der Waals surface area contributed by atoms with E-state index < -0.39 is 0 Å². The number of methoxy groups -OCH3 is 1. The summed E-state index contributed by atoms with van der Waals surface area (Å²) < 4.78 is 11.3. The SMILES string of the molecule is CCCCCOc1ccc(CC2CCCCC2O)cc1OC. The Balaban J connectivity index is 1.95. The molecule has 1 aromatic carbocycles. The summed E-state index contributed by atoms with van der Waals surface area (Å²) in [5.74, 6) is 2.01. The normalized spacial score (nSPS) is 21.6. The molecule has 22 heavy (non-hydrogen) atoms. The maximum atomic E-state index is 10.1. The maximum Gasteiger partial charge on any atom is 0.161 e. The Labute approximate surface area is 134 Å². The quantitative estimate of drug-likeness (QED) is 0.725. The second-order valence-corrected chi connectivity index (χ2v) is 6.36. The van der Waals surface area contributed by atoms with E-state index in [-0.39, 0.29) is 6.10 Å². The Morgan fingerprint density at radius 3 is 2.68 bits per heavy atom. The van der Waals surface area contributed by atoms with Crippen molar-refractivity contribution in [2.75, 3.05) is 13.7 Å². The van der Waals surface area contributed by atoms with Crippen molar-refractivity contribution < 1.29 is 14.6 Å². The molecule has 0 saturated heterocycles. The van der Waals surface area contributed by atoms with Crippen LogP contribution in [0.5, 0.6) is 11.5 Å². The van der Waals surface area contributed by atoms with Gasteiger partial charge in [0.15, 0.2) is 11.5 Å². The van der Waals surface area contributed by atoms with Crippen LogP contribution in [0.2, 0.25) is 0 Å². The second-order valence-electron chi connectivity index (χ2n) is 6.36. The summed E-state index contributed by atoms with van der Waals surface area (Å²) in [7, 11) is 1.69. The van der Waals surface area contributed by atoms with Gasteiger partial charge in [-0.2, -0.15) is 0 Å². The van der Waals surface area contributed by atoms with Gasteiger partial charge in [0.2, 0.25) is 0 Å². The number of hydrogen-bond acceptors (Lipinski definition) is 3. The highest BCUT2D eigenvalue weighted by Gasteiger charge is 2.23. The first kappa shape index (κ1) is 17.1. The summed E-state index contributed by atoms with van der Waals surface area (Å²) >= 11 is 0. The minimum absolute atomic E-state index is 0.148. The molecule has 124 valence electrons. The first-order chi connectivity index (χ1) is 10.7. The van der Waals surface area contributed by atoms with Crippen LogP contribution in [0.15, 0.2) is 18.2 Å². The molecule has 1 aromatic rings. The smallest absolute Gasteiger partial charge is 0.161 e. The summed E-state index contributed by atoms with van der Waals surface area (Å²) in [6, 6.07) is 6.19. The third kappa shape index (κ3) is 4.91. The zero-order chi connectivity index (χ0) is 15.8. The fraction of sp³-hybridized carbons (Fsp3) is 0.684. The Hall–Kier alpha value is -1.22. The van der Waals surface area contributed by atoms with Gasteiger partial charge in [-0.15, -0.1) is 0 Å². The molecule has 1 aliphatic carbocycles. The zero-order valence-corrected chi connectivity index (χ0v) is 14.0. The van der Waals surface area contributed by atoms with Gasteiger partial charge in [-0.25, -0.2) is 0 Å². The molecular weight excluding hydrogens is 276 g/mol. The number of benzene rings is 1. The molecule has 0 bridgehead atoms. The number of aliphatic hydroxyl groups is 1. The van der Waals surface area contributed by atoms with Crippen molar-refractivity contribution >= 4 is 0 Å². The molecule has 0 spiro atoms. The third-order valence-electron chi connectivity index (χ3n) is 4.60. The molecule has 2 atom stereocenters. The molecular formula is C19H30O3. The van der Waals surface area contributed by atoms with E-state index in [0.717, 1.165) is 50.2 Å². The van der Waals surface area contributed by atoms with Crippen molar-refractivity contribution in [3.05, 3.63) is 23.8 Å². The molecule has 3 heteroatoms. The highest BCUT2D eigenvalue weighted by molar-refractivity contribution is 5.43. The van der Waals surface area contributed by atoms with Crippen LogP contribution in [0, 0.1) is 5.92 Å². The van der Waals surface area contributed by atoms with Crippen LogP contribution in [-0.2, 0) is 6.42 Å². The van der Waals surface area contributed by atoms with E-state index in [4.69, 9.17) is 9.47 Å². The van der Waals surface area contributed by atoms with E-state index in [1.165, 1.54) is 24.8 Å². The number of rotatable bonds is 8. The maximum absolute atomic E-state index is 10.1. The minimum atomic E-state index is -0.148. The lowest BCUT2D eigenvalue weighted by Gasteiger charge is -2.27. The van der Waals surface area contributed by atoms with Crippen molar-refractivity contribution in [1.29, 1.82) is 0 Å². The number of ether oxygens (including phenoxy) is 2. The monoisotopic (exact) mass is 306 g/mol. The van der Waals surface area contributed by atoms with Crippen molar-refractivity contribution in [3.8, 4) is 11.5 Å². The van der Waals surface area contributed by atoms with E-state index in [2.05, 4.69) is 19.1 Å². The van der Waals surface area contributed by atoms with E-state index in [0.29, 0.717) is 5.92 Å². The van der Waals surface area contributed by atoms with Gasteiger partial charge in [0.1, 0.15) is 0 Å². The van der Waals surface area contributed by atoms with Gasteiger partial charge < -0.3 is 14.6 Å². The molecule has 0 amide bonds. The van der Waals surface area contributed by atoms with E-state index in [1.807, 2.05) is 6.07 Å². The molecule has 1 saturated carbocycles. The van der Waals surface area contributed by atoms with Gasteiger partial charge in [-0.1, -0.05) is 38.7 Å². The average Bonchev–Trinajstić information content (AvgIpc) is 2.54. The van der Waals surface area contributed by atoms with Gasteiger partial charge in [0.25, 0.3) is 0 Å². The van der Waals surface area contributed by atoms with Crippen LogP contribution in [0.4, 0.5) is 0 Å². The largest absolute Gasteiger partial charge is 0.493 e. The average molecular weight is 306 g/mol. The standard InChI is InChI=1S/C19H30O3/c1-3-4-7-12-22-18-11-10-15(14-19(18)21-2)13-16-8-5-6-9-17(16)20/h10-11,14,16-17,20H,3-9,12-13H2,1-2H3. The van der Waals surface area contributed by atoms with Crippen LogP contribution in [0.1, 0.15) is 57.4 Å². The molecule has 2 unspecified atom stereocenters. The van der Waals surface area contributed by atoms with Gasteiger partial charge in [0.05, 0.1) is 19.8 Å². The summed E-state index contributed by atoms with van der Waals surface area (Å²) in [5, 5.41) is 10.1. The number of unbranched alkanes of at least 4 members (excludes halogenated alkanes) is 2. The van der Waals surface area contributed by atoms with Crippen molar-refractivity contribution in [2.24, 2.45) is 5.92 Å². The molecule has 0 aromatic heterocycles. The van der Waals surface area contributed by atoms with Crippen LogP contribution in [0.25, 0.3) is 0 Å². The second kappa shape index (κ2) is 9.04. The van der Waals surface area contributed by atoms with E-state index in [9.17, 15) is 5.11 Å². The number of aliphatic hydroxyl groups excluding tert-OH is 1. The Morgan fingerprint density at radius 2 is 1.95 bits per heavy atom. The van der Waals surface area contributed by atoms with Gasteiger partial charge in [-0.05, 0) is 49.3 Å². The lowest BCUT2D eigenvalue weighted by molar-refractivity contribution is 0.0700. The summed E-state index contributed by atoms with van der Waals surface area (Å²) in [6.45, 7) is 2.93.